The molecule has 0 radical (unpaired) electrons. The summed E-state index contributed by atoms with van der Waals surface area (Å²) in [6, 6.07) is 17.4. The van der Waals surface area contributed by atoms with Gasteiger partial charge < -0.3 is 15.5 Å². The van der Waals surface area contributed by atoms with Gasteiger partial charge in [-0.1, -0.05) is 48.5 Å². The summed E-state index contributed by atoms with van der Waals surface area (Å²) in [5, 5.41) is 6.00. The van der Waals surface area contributed by atoms with Crippen LogP contribution in [-0.2, 0) is 11.3 Å². The first-order valence-electron chi connectivity index (χ1n) is 9.42. The highest BCUT2D eigenvalue weighted by Gasteiger charge is 2.39. The number of likely N-dealkylation sites (tertiary alicyclic amines) is 1. The molecule has 1 heterocycles. The SMILES string of the molecule is Cc1ccccc1NC(=O)N1CCC[C@](C)(C(=O)NCc2ccccc2)C1. The van der Waals surface area contributed by atoms with Gasteiger partial charge in [-0.05, 0) is 43.9 Å². The minimum Gasteiger partial charge on any atom is -0.351 e. The molecule has 3 rings (SSSR count). The molecular weight excluding hydrogens is 338 g/mol. The molecule has 2 aromatic carbocycles. The lowest BCUT2D eigenvalue weighted by Crippen LogP contribution is -2.52. The van der Waals surface area contributed by atoms with Crippen molar-refractivity contribution in [1.29, 1.82) is 0 Å². The van der Waals surface area contributed by atoms with E-state index in [4.69, 9.17) is 0 Å². The second kappa shape index (κ2) is 8.25. The van der Waals surface area contributed by atoms with Gasteiger partial charge in [-0.3, -0.25) is 4.79 Å². The lowest BCUT2D eigenvalue weighted by Gasteiger charge is -2.39. The third-order valence-electron chi connectivity index (χ3n) is 5.21. The Hall–Kier alpha value is -2.82. The number of nitrogens with zero attached hydrogens (tertiary/aromatic N) is 1. The van der Waals surface area contributed by atoms with Crippen molar-refractivity contribution >= 4 is 17.6 Å². The van der Waals surface area contributed by atoms with Crippen molar-refractivity contribution in [2.75, 3.05) is 18.4 Å². The van der Waals surface area contributed by atoms with Crippen molar-refractivity contribution in [1.82, 2.24) is 10.2 Å². The molecule has 5 heteroatoms. The number of aryl methyl sites for hydroxylation is 1. The molecule has 1 saturated heterocycles. The van der Waals surface area contributed by atoms with E-state index in [2.05, 4.69) is 10.6 Å². The summed E-state index contributed by atoms with van der Waals surface area (Å²) in [5.74, 6) is -0.000236. The summed E-state index contributed by atoms with van der Waals surface area (Å²) >= 11 is 0. The second-order valence-corrected chi connectivity index (χ2v) is 7.50. The quantitative estimate of drug-likeness (QED) is 0.862. The van der Waals surface area contributed by atoms with E-state index in [1.807, 2.05) is 68.4 Å². The number of carbonyl (C=O) groups excluding carboxylic acids is 2. The fourth-order valence-corrected chi connectivity index (χ4v) is 3.50. The highest BCUT2D eigenvalue weighted by atomic mass is 16.2. The standard InChI is InChI=1S/C22H27N3O2/c1-17-9-6-7-12-19(17)24-21(27)25-14-8-13-22(2,16-25)20(26)23-15-18-10-4-3-5-11-18/h3-7,9-12H,8,13-16H2,1-2H3,(H,23,26)(H,24,27)/t22-/m0/s1. The molecule has 0 aromatic heterocycles. The number of urea groups is 1. The van der Waals surface area contributed by atoms with Crippen LogP contribution in [0.25, 0.3) is 0 Å². The van der Waals surface area contributed by atoms with Crippen molar-refractivity contribution in [2.24, 2.45) is 5.41 Å². The number of piperidine rings is 1. The second-order valence-electron chi connectivity index (χ2n) is 7.50. The number of amides is 3. The first-order valence-corrected chi connectivity index (χ1v) is 9.42. The van der Waals surface area contributed by atoms with E-state index in [0.717, 1.165) is 29.7 Å². The summed E-state index contributed by atoms with van der Waals surface area (Å²) in [5.41, 5.74) is 2.32. The number of carbonyl (C=O) groups is 2. The average Bonchev–Trinajstić information content (AvgIpc) is 2.68. The van der Waals surface area contributed by atoms with Gasteiger partial charge in [-0.2, -0.15) is 0 Å². The molecule has 0 unspecified atom stereocenters. The number of para-hydroxylation sites is 1. The van der Waals surface area contributed by atoms with E-state index in [-0.39, 0.29) is 11.9 Å². The van der Waals surface area contributed by atoms with E-state index in [0.29, 0.717) is 19.6 Å². The van der Waals surface area contributed by atoms with E-state index in [1.54, 1.807) is 4.90 Å². The van der Waals surface area contributed by atoms with Gasteiger partial charge in [-0.25, -0.2) is 4.79 Å². The lowest BCUT2D eigenvalue weighted by atomic mass is 9.81. The van der Waals surface area contributed by atoms with Gasteiger partial charge in [0, 0.05) is 25.3 Å². The molecule has 2 aromatic rings. The topological polar surface area (TPSA) is 61.4 Å². The minimum atomic E-state index is -0.573. The molecular formula is C22H27N3O2. The summed E-state index contributed by atoms with van der Waals surface area (Å²) in [7, 11) is 0. The molecule has 2 N–H and O–H groups in total. The van der Waals surface area contributed by atoms with Gasteiger partial charge in [0.05, 0.1) is 5.41 Å². The molecule has 0 bridgehead atoms. The summed E-state index contributed by atoms with van der Waals surface area (Å²) in [6.45, 7) is 5.50. The number of nitrogens with one attached hydrogen (secondary N) is 2. The van der Waals surface area contributed by atoms with Crippen LogP contribution in [0.4, 0.5) is 10.5 Å². The molecule has 0 aliphatic carbocycles. The van der Waals surface area contributed by atoms with Crippen LogP contribution in [0.5, 0.6) is 0 Å². The molecule has 1 aliphatic heterocycles. The van der Waals surface area contributed by atoms with Crippen molar-refractivity contribution in [3.05, 3.63) is 65.7 Å². The summed E-state index contributed by atoms with van der Waals surface area (Å²) in [6.07, 6.45) is 1.60. The zero-order chi connectivity index (χ0) is 19.3. The number of benzene rings is 2. The largest absolute Gasteiger partial charge is 0.351 e. The predicted octanol–water partition coefficient (Wildman–Crippen LogP) is 3.95. The Morgan fingerprint density at radius 1 is 1.07 bits per heavy atom. The molecule has 1 atom stereocenters. The van der Waals surface area contributed by atoms with Crippen LogP contribution >= 0.6 is 0 Å². The Kier molecular flexibility index (Phi) is 5.79. The normalized spacial score (nSPS) is 19.4. The Morgan fingerprint density at radius 3 is 2.52 bits per heavy atom. The van der Waals surface area contributed by atoms with Crippen LogP contribution < -0.4 is 10.6 Å². The van der Waals surface area contributed by atoms with Gasteiger partial charge in [0.15, 0.2) is 0 Å². The Labute approximate surface area is 160 Å². The third kappa shape index (κ3) is 4.67. The van der Waals surface area contributed by atoms with Crippen LogP contribution in [0.15, 0.2) is 54.6 Å². The van der Waals surface area contributed by atoms with Gasteiger partial charge in [0.1, 0.15) is 0 Å². The third-order valence-corrected chi connectivity index (χ3v) is 5.21. The molecule has 0 saturated carbocycles. The first kappa shape index (κ1) is 19.0. The van der Waals surface area contributed by atoms with Crippen molar-refractivity contribution in [2.45, 2.75) is 33.2 Å². The minimum absolute atomic E-state index is 0.000236. The van der Waals surface area contributed by atoms with E-state index in [1.165, 1.54) is 0 Å². The van der Waals surface area contributed by atoms with E-state index < -0.39 is 5.41 Å². The van der Waals surface area contributed by atoms with Crippen LogP contribution in [0, 0.1) is 12.3 Å². The fraction of sp³-hybridized carbons (Fsp3) is 0.364. The zero-order valence-corrected chi connectivity index (χ0v) is 16.0. The number of hydrogen-bond acceptors (Lipinski definition) is 2. The molecule has 27 heavy (non-hydrogen) atoms. The maximum Gasteiger partial charge on any atom is 0.321 e. The fourth-order valence-electron chi connectivity index (χ4n) is 3.50. The molecule has 1 fully saturated rings. The molecule has 5 nitrogen and oxygen atoms in total. The zero-order valence-electron chi connectivity index (χ0n) is 16.0. The van der Waals surface area contributed by atoms with Crippen LogP contribution in [-0.4, -0.2) is 29.9 Å². The van der Waals surface area contributed by atoms with Crippen molar-refractivity contribution in [3.8, 4) is 0 Å². The van der Waals surface area contributed by atoms with Gasteiger partial charge in [0.25, 0.3) is 0 Å². The summed E-state index contributed by atoms with van der Waals surface area (Å²) < 4.78 is 0. The molecule has 3 amide bonds. The maximum atomic E-state index is 12.8. The molecule has 142 valence electrons. The van der Waals surface area contributed by atoms with Crippen LogP contribution in [0.3, 0.4) is 0 Å². The van der Waals surface area contributed by atoms with Gasteiger partial charge in [-0.15, -0.1) is 0 Å². The number of rotatable bonds is 4. The Bertz CT molecular complexity index is 806. The average molecular weight is 365 g/mol. The van der Waals surface area contributed by atoms with Gasteiger partial charge >= 0.3 is 6.03 Å². The smallest absolute Gasteiger partial charge is 0.321 e. The Balaban J connectivity index is 1.60. The summed E-state index contributed by atoms with van der Waals surface area (Å²) in [4.78, 5) is 27.2. The van der Waals surface area contributed by atoms with E-state index >= 15 is 0 Å². The maximum absolute atomic E-state index is 12.8. The lowest BCUT2D eigenvalue weighted by molar-refractivity contribution is -0.132. The molecule has 0 spiro atoms. The number of hydrogen-bond donors (Lipinski definition) is 2. The predicted molar refractivity (Wildman–Crippen MR) is 107 cm³/mol. The van der Waals surface area contributed by atoms with E-state index in [9.17, 15) is 9.59 Å². The highest BCUT2D eigenvalue weighted by Crippen LogP contribution is 2.30. The Morgan fingerprint density at radius 2 is 1.78 bits per heavy atom. The number of anilines is 1. The monoisotopic (exact) mass is 365 g/mol. The van der Waals surface area contributed by atoms with Crippen molar-refractivity contribution in [3.63, 3.8) is 0 Å². The molecule has 1 aliphatic rings. The van der Waals surface area contributed by atoms with Crippen LogP contribution in [0.1, 0.15) is 30.9 Å². The first-order chi connectivity index (χ1) is 13.0. The van der Waals surface area contributed by atoms with Crippen LogP contribution in [0.2, 0.25) is 0 Å². The highest BCUT2D eigenvalue weighted by molar-refractivity contribution is 5.91. The van der Waals surface area contributed by atoms with Crippen molar-refractivity contribution < 1.29 is 9.59 Å². The van der Waals surface area contributed by atoms with Gasteiger partial charge in [0.2, 0.25) is 5.91 Å².